The fourth-order valence-electron chi connectivity index (χ4n) is 5.81. The topological polar surface area (TPSA) is 58.6 Å². The summed E-state index contributed by atoms with van der Waals surface area (Å²) in [5.41, 5.74) is 2.20. The van der Waals surface area contributed by atoms with E-state index in [0.29, 0.717) is 31.0 Å². The van der Waals surface area contributed by atoms with Crippen molar-refractivity contribution in [1.29, 1.82) is 0 Å². The standard InChI is InChI=1S/C28H36N2O3/c1-20(2)19-30-27(32)23-13-7-6-12-22(23)25(28(30)16-9-4-10-17-28)26(31)29-18-15-21-11-5-8-14-24(21)33-3/h5-8,11-14,20,25H,4,9-10,15-19H2,1-3H3,(H,29,31)/t25-/m0/s1. The molecule has 0 bridgehead atoms. The zero-order chi connectivity index (χ0) is 23.4. The van der Waals surface area contributed by atoms with E-state index >= 15 is 0 Å². The third-order valence-electron chi connectivity index (χ3n) is 7.24. The van der Waals surface area contributed by atoms with Gasteiger partial charge in [-0.15, -0.1) is 0 Å². The molecule has 1 N–H and O–H groups in total. The Morgan fingerprint density at radius 1 is 1.09 bits per heavy atom. The normalized spacial score (nSPS) is 19.5. The zero-order valence-electron chi connectivity index (χ0n) is 20.1. The molecule has 2 aromatic rings. The van der Waals surface area contributed by atoms with Gasteiger partial charge in [0.25, 0.3) is 5.91 Å². The van der Waals surface area contributed by atoms with Crippen molar-refractivity contribution in [1.82, 2.24) is 10.2 Å². The van der Waals surface area contributed by atoms with Crippen LogP contribution in [-0.4, -0.2) is 42.5 Å². The first-order valence-electron chi connectivity index (χ1n) is 12.3. The number of hydrogen-bond acceptors (Lipinski definition) is 3. The average Bonchev–Trinajstić information content (AvgIpc) is 2.83. The van der Waals surface area contributed by atoms with Gasteiger partial charge < -0.3 is 15.0 Å². The maximum atomic E-state index is 13.8. The van der Waals surface area contributed by atoms with Crippen LogP contribution in [0.4, 0.5) is 0 Å². The third-order valence-corrected chi connectivity index (χ3v) is 7.24. The van der Waals surface area contributed by atoms with E-state index in [9.17, 15) is 9.59 Å². The second-order valence-electron chi connectivity index (χ2n) is 9.85. The number of hydrogen-bond donors (Lipinski definition) is 1. The summed E-state index contributed by atoms with van der Waals surface area (Å²) >= 11 is 0. The van der Waals surface area contributed by atoms with Crippen LogP contribution in [0.2, 0.25) is 0 Å². The summed E-state index contributed by atoms with van der Waals surface area (Å²) in [4.78, 5) is 29.5. The molecule has 1 atom stereocenters. The predicted octanol–water partition coefficient (Wildman–Crippen LogP) is 4.95. The number of ether oxygens (including phenoxy) is 1. The molecule has 0 unspecified atom stereocenters. The number of carbonyl (C=O) groups excluding carboxylic acids is 2. The minimum absolute atomic E-state index is 0.0282. The number of carbonyl (C=O) groups is 2. The van der Waals surface area contributed by atoms with Gasteiger partial charge in [0.05, 0.1) is 18.6 Å². The lowest BCUT2D eigenvalue weighted by molar-refractivity contribution is -0.127. The number of nitrogens with zero attached hydrogens (tertiary/aromatic N) is 1. The van der Waals surface area contributed by atoms with E-state index in [0.717, 1.165) is 49.0 Å². The first-order valence-corrected chi connectivity index (χ1v) is 12.3. The summed E-state index contributed by atoms with van der Waals surface area (Å²) in [6.45, 7) is 5.50. The number of rotatable bonds is 7. The average molecular weight is 449 g/mol. The van der Waals surface area contributed by atoms with Gasteiger partial charge in [-0.1, -0.05) is 69.5 Å². The molecule has 4 rings (SSSR count). The molecule has 5 nitrogen and oxygen atoms in total. The minimum atomic E-state index is -0.442. The lowest BCUT2D eigenvalue weighted by atomic mass is 9.65. The van der Waals surface area contributed by atoms with Gasteiger partial charge >= 0.3 is 0 Å². The van der Waals surface area contributed by atoms with Crippen molar-refractivity contribution in [2.24, 2.45) is 5.92 Å². The Labute approximate surface area is 197 Å². The SMILES string of the molecule is COc1ccccc1CCNC(=O)[C@@H]1c2ccccc2C(=O)N(CC(C)C)C12CCCCC2. The summed E-state index contributed by atoms with van der Waals surface area (Å²) in [7, 11) is 1.67. The van der Waals surface area contributed by atoms with E-state index in [2.05, 4.69) is 24.1 Å². The van der Waals surface area contributed by atoms with Gasteiger partial charge in [0, 0.05) is 18.7 Å². The number of amides is 2. The van der Waals surface area contributed by atoms with Crippen LogP contribution in [0.1, 0.15) is 73.4 Å². The summed E-state index contributed by atoms with van der Waals surface area (Å²) in [5.74, 6) is 0.947. The van der Waals surface area contributed by atoms with Crippen molar-refractivity contribution in [3.63, 3.8) is 0 Å². The van der Waals surface area contributed by atoms with Gasteiger partial charge in [-0.2, -0.15) is 0 Å². The van der Waals surface area contributed by atoms with Gasteiger partial charge in [-0.3, -0.25) is 9.59 Å². The van der Waals surface area contributed by atoms with Crippen molar-refractivity contribution in [3.8, 4) is 5.75 Å². The van der Waals surface area contributed by atoms with Gasteiger partial charge in [-0.05, 0) is 48.4 Å². The number of benzene rings is 2. The minimum Gasteiger partial charge on any atom is -0.496 e. The van der Waals surface area contributed by atoms with Gasteiger partial charge in [0.2, 0.25) is 5.91 Å². The summed E-state index contributed by atoms with van der Waals surface area (Å²) < 4.78 is 5.46. The van der Waals surface area contributed by atoms with Crippen molar-refractivity contribution in [2.45, 2.75) is 63.8 Å². The monoisotopic (exact) mass is 448 g/mol. The van der Waals surface area contributed by atoms with Gasteiger partial charge in [0.1, 0.15) is 5.75 Å². The van der Waals surface area contributed by atoms with Crippen molar-refractivity contribution in [2.75, 3.05) is 20.2 Å². The Bertz CT molecular complexity index is 994. The molecule has 33 heavy (non-hydrogen) atoms. The van der Waals surface area contributed by atoms with E-state index < -0.39 is 5.54 Å². The molecule has 1 fully saturated rings. The Morgan fingerprint density at radius 2 is 1.79 bits per heavy atom. The van der Waals surface area contributed by atoms with Gasteiger partial charge in [0.15, 0.2) is 0 Å². The highest BCUT2D eigenvalue weighted by Crippen LogP contribution is 2.49. The molecule has 5 heteroatoms. The summed E-state index contributed by atoms with van der Waals surface area (Å²) in [6, 6.07) is 15.6. The molecule has 0 saturated heterocycles. The Kier molecular flexibility index (Phi) is 7.06. The fraction of sp³-hybridized carbons (Fsp3) is 0.500. The zero-order valence-corrected chi connectivity index (χ0v) is 20.1. The molecular formula is C28H36N2O3. The van der Waals surface area contributed by atoms with E-state index in [1.165, 1.54) is 0 Å². The second kappa shape index (κ2) is 9.98. The molecule has 176 valence electrons. The molecule has 0 aromatic heterocycles. The highest BCUT2D eigenvalue weighted by molar-refractivity contribution is 6.02. The van der Waals surface area contributed by atoms with E-state index in [-0.39, 0.29) is 17.7 Å². The van der Waals surface area contributed by atoms with E-state index in [1.54, 1.807) is 7.11 Å². The van der Waals surface area contributed by atoms with Crippen LogP contribution in [0.15, 0.2) is 48.5 Å². The molecule has 1 spiro atoms. The summed E-state index contributed by atoms with van der Waals surface area (Å²) in [5, 5.41) is 3.22. The lowest BCUT2D eigenvalue weighted by Gasteiger charge is -2.54. The predicted molar refractivity (Wildman–Crippen MR) is 131 cm³/mol. The molecule has 2 aromatic carbocycles. The highest BCUT2D eigenvalue weighted by atomic mass is 16.5. The molecular weight excluding hydrogens is 412 g/mol. The third kappa shape index (κ3) is 4.50. The van der Waals surface area contributed by atoms with Crippen LogP contribution in [0, 0.1) is 5.92 Å². The molecule has 1 saturated carbocycles. The largest absolute Gasteiger partial charge is 0.496 e. The molecule has 2 aliphatic rings. The number of methoxy groups -OCH3 is 1. The molecule has 2 amide bonds. The van der Waals surface area contributed by atoms with E-state index in [4.69, 9.17) is 4.74 Å². The smallest absolute Gasteiger partial charge is 0.254 e. The van der Waals surface area contributed by atoms with Crippen molar-refractivity contribution < 1.29 is 14.3 Å². The maximum absolute atomic E-state index is 13.8. The Hall–Kier alpha value is -2.82. The number of fused-ring (bicyclic) bond motifs is 1. The molecule has 1 heterocycles. The maximum Gasteiger partial charge on any atom is 0.254 e. The molecule has 1 aliphatic heterocycles. The van der Waals surface area contributed by atoms with Crippen molar-refractivity contribution >= 4 is 11.8 Å². The summed E-state index contributed by atoms with van der Waals surface area (Å²) in [6.07, 6.45) is 5.72. The lowest BCUT2D eigenvalue weighted by Crippen LogP contribution is -2.63. The van der Waals surface area contributed by atoms with E-state index in [1.807, 2.05) is 48.5 Å². The Morgan fingerprint density at radius 3 is 2.52 bits per heavy atom. The van der Waals surface area contributed by atoms with Crippen LogP contribution in [0.3, 0.4) is 0 Å². The van der Waals surface area contributed by atoms with Crippen LogP contribution in [0.25, 0.3) is 0 Å². The van der Waals surface area contributed by atoms with Crippen molar-refractivity contribution in [3.05, 3.63) is 65.2 Å². The van der Waals surface area contributed by atoms with Crippen LogP contribution in [0.5, 0.6) is 5.75 Å². The highest BCUT2D eigenvalue weighted by Gasteiger charge is 2.54. The first kappa shape index (κ1) is 23.3. The number of para-hydroxylation sites is 1. The number of nitrogens with one attached hydrogen (secondary N) is 1. The van der Waals surface area contributed by atoms with Crippen LogP contribution >= 0.6 is 0 Å². The fourth-order valence-corrected chi connectivity index (χ4v) is 5.81. The molecule has 0 radical (unpaired) electrons. The van der Waals surface area contributed by atoms with Crippen LogP contribution < -0.4 is 10.1 Å². The van der Waals surface area contributed by atoms with Gasteiger partial charge in [-0.25, -0.2) is 0 Å². The first-order chi connectivity index (χ1) is 16.0. The quantitative estimate of drug-likeness (QED) is 0.652. The molecule has 1 aliphatic carbocycles. The Balaban J connectivity index is 1.65. The second-order valence-corrected chi connectivity index (χ2v) is 9.85. The van der Waals surface area contributed by atoms with Crippen LogP contribution in [-0.2, 0) is 11.2 Å².